The highest BCUT2D eigenvalue weighted by atomic mass is 15.0. The number of imidazole rings is 1. The molecule has 3 heterocycles. The zero-order valence-corrected chi connectivity index (χ0v) is 20.8. The van der Waals surface area contributed by atoms with Crippen molar-refractivity contribution in [1.82, 2.24) is 14.0 Å². The number of benzene rings is 4. The molecule has 0 aliphatic heterocycles. The minimum absolute atomic E-state index is 0.0215. The fraction of sp³-hybridized carbons (Fsp3) is 0.0882. The standard InChI is InChI=1S/C34H25N3/c1-34(2)28-14-5-3-12-24(28)26-20-32-27(19-29(26)34)25-13-4-6-15-31(25)37(32)23-11-9-10-22(18-23)30-21-36-17-8-7-16-33(36)35-30/h3-21H,1-2H3. The van der Waals surface area contributed by atoms with Crippen molar-refractivity contribution in [3.63, 3.8) is 0 Å². The largest absolute Gasteiger partial charge is 0.309 e. The molecule has 176 valence electrons. The van der Waals surface area contributed by atoms with Crippen molar-refractivity contribution in [3.8, 4) is 28.1 Å². The van der Waals surface area contributed by atoms with E-state index in [0.717, 1.165) is 22.6 Å². The topological polar surface area (TPSA) is 22.2 Å². The Balaban J connectivity index is 1.41. The van der Waals surface area contributed by atoms with E-state index < -0.39 is 0 Å². The van der Waals surface area contributed by atoms with Gasteiger partial charge in [-0.2, -0.15) is 0 Å². The lowest BCUT2D eigenvalue weighted by molar-refractivity contribution is 0.661. The van der Waals surface area contributed by atoms with Gasteiger partial charge < -0.3 is 8.97 Å². The minimum atomic E-state index is -0.0215. The average molecular weight is 476 g/mol. The van der Waals surface area contributed by atoms with Gasteiger partial charge in [0.15, 0.2) is 0 Å². The number of hydrogen-bond acceptors (Lipinski definition) is 1. The van der Waals surface area contributed by atoms with E-state index in [-0.39, 0.29) is 5.41 Å². The Morgan fingerprint density at radius 1 is 0.649 bits per heavy atom. The molecule has 3 aromatic heterocycles. The maximum absolute atomic E-state index is 4.87. The lowest BCUT2D eigenvalue weighted by atomic mass is 9.82. The van der Waals surface area contributed by atoms with Crippen LogP contribution in [0, 0.1) is 0 Å². The maximum atomic E-state index is 4.87. The van der Waals surface area contributed by atoms with E-state index in [1.54, 1.807) is 0 Å². The van der Waals surface area contributed by atoms with Gasteiger partial charge in [0.05, 0.1) is 16.7 Å². The molecule has 8 rings (SSSR count). The number of hydrogen-bond donors (Lipinski definition) is 0. The van der Waals surface area contributed by atoms with Crippen LogP contribution in [0.3, 0.4) is 0 Å². The Labute approximate surface area is 215 Å². The molecule has 0 bridgehead atoms. The predicted molar refractivity (Wildman–Crippen MR) is 153 cm³/mol. The van der Waals surface area contributed by atoms with Gasteiger partial charge in [0.1, 0.15) is 5.65 Å². The Morgan fingerprint density at radius 3 is 2.41 bits per heavy atom. The molecular weight excluding hydrogens is 450 g/mol. The second-order valence-corrected chi connectivity index (χ2v) is 10.6. The monoisotopic (exact) mass is 475 g/mol. The van der Waals surface area contributed by atoms with E-state index in [4.69, 9.17) is 4.98 Å². The number of nitrogens with zero attached hydrogens (tertiary/aromatic N) is 3. The Bertz CT molecular complexity index is 1990. The third-order valence-electron chi connectivity index (χ3n) is 8.14. The summed E-state index contributed by atoms with van der Waals surface area (Å²) in [5.41, 5.74) is 12.1. The number of rotatable bonds is 2. The van der Waals surface area contributed by atoms with Gasteiger partial charge in [0.2, 0.25) is 0 Å². The van der Waals surface area contributed by atoms with E-state index in [2.05, 4.69) is 114 Å². The lowest BCUT2D eigenvalue weighted by Crippen LogP contribution is -2.14. The van der Waals surface area contributed by atoms with Gasteiger partial charge in [-0.15, -0.1) is 0 Å². The highest BCUT2D eigenvalue weighted by molar-refractivity contribution is 6.11. The summed E-state index contributed by atoms with van der Waals surface area (Å²) in [5, 5.41) is 2.58. The molecule has 7 aromatic rings. The second kappa shape index (κ2) is 7.21. The molecule has 3 nitrogen and oxygen atoms in total. The van der Waals surface area contributed by atoms with Crippen molar-refractivity contribution in [2.45, 2.75) is 19.3 Å². The molecule has 0 amide bonds. The van der Waals surface area contributed by atoms with Crippen LogP contribution in [0.4, 0.5) is 0 Å². The molecule has 37 heavy (non-hydrogen) atoms. The van der Waals surface area contributed by atoms with Gasteiger partial charge in [-0.05, 0) is 64.7 Å². The summed E-state index contributed by atoms with van der Waals surface area (Å²) in [6.45, 7) is 4.70. The molecule has 0 N–H and O–H groups in total. The lowest BCUT2D eigenvalue weighted by Gasteiger charge is -2.21. The number of pyridine rings is 1. The molecule has 3 heteroatoms. The summed E-state index contributed by atoms with van der Waals surface area (Å²) in [7, 11) is 0. The summed E-state index contributed by atoms with van der Waals surface area (Å²) in [5.74, 6) is 0. The fourth-order valence-corrected chi connectivity index (χ4v) is 6.32. The third kappa shape index (κ3) is 2.80. The van der Waals surface area contributed by atoms with Crippen LogP contribution in [-0.2, 0) is 5.41 Å². The highest BCUT2D eigenvalue weighted by Gasteiger charge is 2.36. The molecule has 1 aliphatic rings. The van der Waals surface area contributed by atoms with Gasteiger partial charge >= 0.3 is 0 Å². The first-order chi connectivity index (χ1) is 18.1. The molecule has 0 saturated carbocycles. The summed E-state index contributed by atoms with van der Waals surface area (Å²) in [4.78, 5) is 4.87. The first-order valence-electron chi connectivity index (χ1n) is 12.8. The van der Waals surface area contributed by atoms with Gasteiger partial charge in [-0.1, -0.05) is 74.5 Å². The Hall–Kier alpha value is -4.63. The van der Waals surface area contributed by atoms with Crippen molar-refractivity contribution in [2.24, 2.45) is 0 Å². The molecule has 0 spiro atoms. The van der Waals surface area contributed by atoms with Crippen LogP contribution in [0.1, 0.15) is 25.0 Å². The number of fused-ring (bicyclic) bond motifs is 7. The zero-order chi connectivity index (χ0) is 24.7. The molecule has 0 atom stereocenters. The summed E-state index contributed by atoms with van der Waals surface area (Å²) < 4.78 is 4.49. The summed E-state index contributed by atoms with van der Waals surface area (Å²) >= 11 is 0. The van der Waals surface area contributed by atoms with Gasteiger partial charge in [0.25, 0.3) is 0 Å². The number of aromatic nitrogens is 3. The van der Waals surface area contributed by atoms with Crippen LogP contribution in [-0.4, -0.2) is 14.0 Å². The van der Waals surface area contributed by atoms with Crippen LogP contribution < -0.4 is 0 Å². The second-order valence-electron chi connectivity index (χ2n) is 10.6. The van der Waals surface area contributed by atoms with Crippen molar-refractivity contribution >= 4 is 27.5 Å². The van der Waals surface area contributed by atoms with Crippen LogP contribution in [0.25, 0.3) is 55.5 Å². The minimum Gasteiger partial charge on any atom is -0.309 e. The van der Waals surface area contributed by atoms with Crippen LogP contribution >= 0.6 is 0 Å². The first-order valence-corrected chi connectivity index (χ1v) is 12.8. The van der Waals surface area contributed by atoms with Gasteiger partial charge in [0, 0.05) is 39.8 Å². The quantitative estimate of drug-likeness (QED) is 0.246. The SMILES string of the molecule is CC1(C)c2ccccc2-c2cc3c(cc21)c1ccccc1n3-c1cccc(-c2cn3ccccc3n2)c1. The van der Waals surface area contributed by atoms with Crippen LogP contribution in [0.15, 0.2) is 116 Å². The fourth-order valence-electron chi connectivity index (χ4n) is 6.32. The molecule has 0 fully saturated rings. The summed E-state index contributed by atoms with van der Waals surface area (Å²) in [6, 6.07) is 37.3. The van der Waals surface area contributed by atoms with Gasteiger partial charge in [-0.25, -0.2) is 4.98 Å². The van der Waals surface area contributed by atoms with Crippen molar-refractivity contribution in [1.29, 1.82) is 0 Å². The van der Waals surface area contributed by atoms with Gasteiger partial charge in [-0.3, -0.25) is 0 Å². The van der Waals surface area contributed by atoms with Crippen molar-refractivity contribution < 1.29 is 0 Å². The molecular formula is C34H25N3. The smallest absolute Gasteiger partial charge is 0.137 e. The van der Waals surface area contributed by atoms with E-state index >= 15 is 0 Å². The van der Waals surface area contributed by atoms with Crippen LogP contribution in [0.5, 0.6) is 0 Å². The van der Waals surface area contributed by atoms with Crippen LogP contribution in [0.2, 0.25) is 0 Å². The van der Waals surface area contributed by atoms with E-state index in [9.17, 15) is 0 Å². The van der Waals surface area contributed by atoms with Crippen molar-refractivity contribution in [3.05, 3.63) is 127 Å². The highest BCUT2D eigenvalue weighted by Crippen LogP contribution is 2.50. The third-order valence-corrected chi connectivity index (χ3v) is 8.14. The Kier molecular flexibility index (Phi) is 4.00. The van der Waals surface area contributed by atoms with E-state index in [1.807, 2.05) is 24.4 Å². The predicted octanol–water partition coefficient (Wildman–Crippen LogP) is 8.40. The first kappa shape index (κ1) is 20.6. The van der Waals surface area contributed by atoms with E-state index in [1.165, 1.54) is 44.1 Å². The number of para-hydroxylation sites is 1. The normalized spacial score (nSPS) is 13.9. The summed E-state index contributed by atoms with van der Waals surface area (Å²) in [6.07, 6.45) is 4.15. The molecule has 0 unspecified atom stereocenters. The average Bonchev–Trinajstić information content (AvgIpc) is 3.57. The van der Waals surface area contributed by atoms with Crippen molar-refractivity contribution in [2.75, 3.05) is 0 Å². The van der Waals surface area contributed by atoms with E-state index in [0.29, 0.717) is 0 Å². The molecule has 0 saturated heterocycles. The zero-order valence-electron chi connectivity index (χ0n) is 20.8. The Morgan fingerprint density at radius 2 is 1.49 bits per heavy atom. The maximum Gasteiger partial charge on any atom is 0.137 e. The molecule has 4 aromatic carbocycles. The molecule has 1 aliphatic carbocycles. The molecule has 0 radical (unpaired) electrons.